The first-order valence-electron chi connectivity index (χ1n) is 2.85. The highest BCUT2D eigenvalue weighted by atomic mass is 19.4. The van der Waals surface area contributed by atoms with E-state index in [4.69, 9.17) is 0 Å². The quantitative estimate of drug-likeness (QED) is 0.540. The van der Waals surface area contributed by atoms with Crippen molar-refractivity contribution in [1.29, 1.82) is 0 Å². The minimum Gasteiger partial charge on any atom is -0.206 e. The van der Waals surface area contributed by atoms with E-state index >= 15 is 0 Å². The molecule has 0 atom stereocenters. The molecule has 0 aliphatic carbocycles. The lowest BCUT2D eigenvalue weighted by Crippen LogP contribution is -2.05. The standard InChI is InChI=1S/C7H2F5/c8-5-1-4(7(10,11)12)2-6(9)3-5/h1-2H. The van der Waals surface area contributed by atoms with Crippen LogP contribution in [0.5, 0.6) is 0 Å². The molecule has 5 heteroatoms. The largest absolute Gasteiger partial charge is 0.416 e. The zero-order valence-corrected chi connectivity index (χ0v) is 5.54. The molecule has 0 unspecified atom stereocenters. The van der Waals surface area contributed by atoms with Gasteiger partial charge >= 0.3 is 6.18 Å². The minimum atomic E-state index is -4.73. The first-order chi connectivity index (χ1) is 5.39. The van der Waals surface area contributed by atoms with Crippen molar-refractivity contribution in [2.45, 2.75) is 6.18 Å². The molecule has 0 fully saturated rings. The van der Waals surface area contributed by atoms with Gasteiger partial charge in [-0.05, 0) is 12.1 Å². The molecule has 0 N–H and O–H groups in total. The second kappa shape index (κ2) is 2.73. The lowest BCUT2D eigenvalue weighted by molar-refractivity contribution is -0.138. The van der Waals surface area contributed by atoms with Gasteiger partial charge in [0, 0.05) is 0 Å². The Morgan fingerprint density at radius 1 is 1.00 bits per heavy atom. The van der Waals surface area contributed by atoms with Gasteiger partial charge in [0.2, 0.25) is 0 Å². The third-order valence-electron chi connectivity index (χ3n) is 1.13. The first kappa shape index (κ1) is 8.96. The summed E-state index contributed by atoms with van der Waals surface area (Å²) in [6.07, 6.45) is -4.73. The van der Waals surface area contributed by atoms with Gasteiger partial charge in [0.15, 0.2) is 0 Å². The van der Waals surface area contributed by atoms with Gasteiger partial charge in [-0.2, -0.15) is 13.2 Å². The van der Waals surface area contributed by atoms with E-state index in [1.165, 1.54) is 6.07 Å². The fraction of sp³-hybridized carbons (Fsp3) is 0.143. The lowest BCUT2D eigenvalue weighted by Gasteiger charge is -2.05. The Kier molecular flexibility index (Phi) is 2.04. The van der Waals surface area contributed by atoms with E-state index < -0.39 is 23.4 Å². The van der Waals surface area contributed by atoms with Crippen molar-refractivity contribution >= 4 is 0 Å². The fourth-order valence-electron chi connectivity index (χ4n) is 0.665. The zero-order valence-electron chi connectivity index (χ0n) is 5.54. The van der Waals surface area contributed by atoms with E-state index in [2.05, 4.69) is 0 Å². The van der Waals surface area contributed by atoms with E-state index in [0.717, 1.165) is 0 Å². The van der Waals surface area contributed by atoms with Crippen molar-refractivity contribution in [3.8, 4) is 0 Å². The monoisotopic (exact) mass is 181 g/mol. The second-order valence-corrected chi connectivity index (χ2v) is 2.06. The Bertz CT molecular complexity index is 268. The van der Waals surface area contributed by atoms with E-state index in [0.29, 0.717) is 0 Å². The van der Waals surface area contributed by atoms with Crippen LogP contribution in [0.1, 0.15) is 5.56 Å². The summed E-state index contributed by atoms with van der Waals surface area (Å²) in [5.74, 6) is -2.72. The van der Waals surface area contributed by atoms with Crippen molar-refractivity contribution < 1.29 is 22.0 Å². The molecule has 1 rings (SSSR count). The summed E-state index contributed by atoms with van der Waals surface area (Å²) < 4.78 is 59.7. The maximum atomic E-state index is 12.2. The van der Waals surface area contributed by atoms with Crippen LogP contribution in [0.25, 0.3) is 0 Å². The smallest absolute Gasteiger partial charge is 0.206 e. The molecule has 1 aromatic rings. The van der Waals surface area contributed by atoms with Gasteiger partial charge in [-0.3, -0.25) is 0 Å². The highest BCUT2D eigenvalue weighted by Crippen LogP contribution is 2.29. The molecule has 1 aromatic carbocycles. The van der Waals surface area contributed by atoms with Gasteiger partial charge in [0.05, 0.1) is 11.6 Å². The third-order valence-corrected chi connectivity index (χ3v) is 1.13. The van der Waals surface area contributed by atoms with Crippen LogP contribution in [0.15, 0.2) is 12.1 Å². The molecular formula is C7H2F5. The average molecular weight is 181 g/mol. The third kappa shape index (κ3) is 1.93. The van der Waals surface area contributed by atoms with Gasteiger partial charge in [-0.15, -0.1) is 0 Å². The Morgan fingerprint density at radius 3 is 1.75 bits per heavy atom. The van der Waals surface area contributed by atoms with Gasteiger partial charge < -0.3 is 0 Å². The maximum absolute atomic E-state index is 12.2. The van der Waals surface area contributed by atoms with Gasteiger partial charge in [0.25, 0.3) is 0 Å². The highest BCUT2D eigenvalue weighted by Gasteiger charge is 2.31. The minimum absolute atomic E-state index is 0.184. The summed E-state index contributed by atoms with van der Waals surface area (Å²) in [6.45, 7) is 0. The molecule has 0 spiro atoms. The number of benzene rings is 1. The molecule has 0 heterocycles. The van der Waals surface area contributed by atoms with Crippen LogP contribution in [0, 0.1) is 17.7 Å². The molecule has 0 saturated carbocycles. The molecule has 0 aromatic heterocycles. The summed E-state index contributed by atoms with van der Waals surface area (Å²) in [7, 11) is 0. The number of halogens is 5. The number of rotatable bonds is 0. The SMILES string of the molecule is Fc1[c]c(F)cc(C(F)(F)F)c1. The topological polar surface area (TPSA) is 0 Å². The predicted octanol–water partition coefficient (Wildman–Crippen LogP) is 2.78. The number of alkyl halides is 3. The van der Waals surface area contributed by atoms with Crippen LogP contribution in [-0.2, 0) is 6.18 Å². The highest BCUT2D eigenvalue weighted by molar-refractivity contribution is 5.19. The normalized spacial score (nSPS) is 11.8. The Hall–Kier alpha value is -1.13. The van der Waals surface area contributed by atoms with Crippen molar-refractivity contribution in [3.63, 3.8) is 0 Å². The molecule has 0 bridgehead atoms. The molecule has 1 radical (unpaired) electrons. The molecule has 0 saturated heterocycles. The fourth-order valence-corrected chi connectivity index (χ4v) is 0.665. The summed E-state index contributed by atoms with van der Waals surface area (Å²) in [5.41, 5.74) is -1.35. The predicted molar refractivity (Wildman–Crippen MR) is 30.2 cm³/mol. The summed E-state index contributed by atoms with van der Waals surface area (Å²) in [6, 6.07) is 1.82. The van der Waals surface area contributed by atoms with E-state index in [9.17, 15) is 22.0 Å². The van der Waals surface area contributed by atoms with Crippen LogP contribution < -0.4 is 0 Å². The van der Waals surface area contributed by atoms with E-state index in [-0.39, 0.29) is 12.1 Å². The Balaban J connectivity index is 3.18. The molecule has 0 nitrogen and oxygen atoms in total. The number of hydrogen-bond acceptors (Lipinski definition) is 0. The van der Waals surface area contributed by atoms with Crippen molar-refractivity contribution in [2.24, 2.45) is 0 Å². The van der Waals surface area contributed by atoms with Crippen LogP contribution in [0.2, 0.25) is 0 Å². The average Bonchev–Trinajstić information content (AvgIpc) is 1.82. The summed E-state index contributed by atoms with van der Waals surface area (Å²) >= 11 is 0. The van der Waals surface area contributed by atoms with Gasteiger partial charge in [-0.1, -0.05) is 0 Å². The molecule has 0 aliphatic rings. The van der Waals surface area contributed by atoms with Crippen LogP contribution in [-0.4, -0.2) is 0 Å². The van der Waals surface area contributed by atoms with Gasteiger partial charge in [-0.25, -0.2) is 8.78 Å². The Morgan fingerprint density at radius 2 is 1.42 bits per heavy atom. The van der Waals surface area contributed by atoms with E-state index in [1.807, 2.05) is 0 Å². The zero-order chi connectivity index (χ0) is 9.35. The van der Waals surface area contributed by atoms with Crippen LogP contribution in [0.4, 0.5) is 22.0 Å². The van der Waals surface area contributed by atoms with Gasteiger partial charge in [0.1, 0.15) is 11.6 Å². The molecule has 0 aliphatic heterocycles. The van der Waals surface area contributed by atoms with Crippen molar-refractivity contribution in [1.82, 2.24) is 0 Å². The lowest BCUT2D eigenvalue weighted by atomic mass is 10.2. The molecular weight excluding hydrogens is 179 g/mol. The maximum Gasteiger partial charge on any atom is 0.416 e. The van der Waals surface area contributed by atoms with Crippen LogP contribution >= 0.6 is 0 Å². The van der Waals surface area contributed by atoms with Crippen LogP contribution in [0.3, 0.4) is 0 Å². The molecule has 65 valence electrons. The molecule has 0 amide bonds. The Labute approximate surface area is 64.6 Å². The molecule has 12 heavy (non-hydrogen) atoms. The first-order valence-corrected chi connectivity index (χ1v) is 2.85. The van der Waals surface area contributed by atoms with Crippen molar-refractivity contribution in [3.05, 3.63) is 35.4 Å². The van der Waals surface area contributed by atoms with Crippen molar-refractivity contribution in [2.75, 3.05) is 0 Å². The summed E-state index contributed by atoms with van der Waals surface area (Å²) in [5, 5.41) is 0. The summed E-state index contributed by atoms with van der Waals surface area (Å²) in [4.78, 5) is 0. The number of hydrogen-bond donors (Lipinski definition) is 0. The van der Waals surface area contributed by atoms with E-state index in [1.54, 1.807) is 0 Å². The second-order valence-electron chi connectivity index (χ2n) is 2.06.